The van der Waals surface area contributed by atoms with Crippen LogP contribution in [-0.4, -0.2) is 12.0 Å². The van der Waals surface area contributed by atoms with Crippen LogP contribution in [0.3, 0.4) is 0 Å². The van der Waals surface area contributed by atoms with E-state index in [9.17, 15) is 8.78 Å². The second-order valence-corrected chi connectivity index (χ2v) is 4.96. The summed E-state index contributed by atoms with van der Waals surface area (Å²) < 4.78 is 25.3. The zero-order valence-electron chi connectivity index (χ0n) is 8.52. The summed E-state index contributed by atoms with van der Waals surface area (Å²) in [5.41, 5.74) is 5.98. The first-order valence-corrected chi connectivity index (χ1v) is 5.73. The van der Waals surface area contributed by atoms with Crippen molar-refractivity contribution in [1.82, 2.24) is 0 Å². The molecule has 2 N–H and O–H groups in total. The summed E-state index contributed by atoms with van der Waals surface area (Å²) in [6.07, 6.45) is 6.69. The van der Waals surface area contributed by atoms with Gasteiger partial charge in [0.05, 0.1) is 0 Å². The Morgan fingerprint density at radius 2 is 1.79 bits per heavy atom. The predicted octanol–water partition coefficient (Wildman–Crippen LogP) is 2.94. The number of hydrogen-bond acceptors (Lipinski definition) is 1. The van der Waals surface area contributed by atoms with Crippen LogP contribution in [0.4, 0.5) is 8.78 Å². The molecule has 2 rings (SSSR count). The van der Waals surface area contributed by atoms with Gasteiger partial charge in [0.15, 0.2) is 0 Å². The SMILES string of the molecule is NC(CC1CC1(F)F)C1CCCCC1. The first kappa shape index (κ1) is 10.3. The van der Waals surface area contributed by atoms with Crippen LogP contribution >= 0.6 is 0 Å². The van der Waals surface area contributed by atoms with Gasteiger partial charge in [0.25, 0.3) is 5.92 Å². The van der Waals surface area contributed by atoms with Crippen molar-refractivity contribution >= 4 is 0 Å². The monoisotopic (exact) mass is 203 g/mol. The Labute approximate surface area is 84.0 Å². The van der Waals surface area contributed by atoms with Gasteiger partial charge in [-0.05, 0) is 25.2 Å². The van der Waals surface area contributed by atoms with Gasteiger partial charge < -0.3 is 5.73 Å². The third-order valence-corrected chi connectivity index (χ3v) is 3.77. The standard InChI is InChI=1S/C11H19F2N/c12-11(13)7-9(11)6-10(14)8-4-2-1-3-5-8/h8-10H,1-7,14H2. The molecule has 14 heavy (non-hydrogen) atoms. The van der Waals surface area contributed by atoms with Crippen LogP contribution in [-0.2, 0) is 0 Å². The molecule has 0 radical (unpaired) electrons. The lowest BCUT2D eigenvalue weighted by Crippen LogP contribution is -2.32. The summed E-state index contributed by atoms with van der Waals surface area (Å²) >= 11 is 0. The summed E-state index contributed by atoms with van der Waals surface area (Å²) in [5.74, 6) is -2.27. The quantitative estimate of drug-likeness (QED) is 0.749. The molecule has 0 spiro atoms. The average Bonchev–Trinajstić information content (AvgIpc) is 2.75. The molecule has 0 aromatic heterocycles. The molecule has 0 aliphatic heterocycles. The Morgan fingerprint density at radius 3 is 2.29 bits per heavy atom. The molecule has 2 fully saturated rings. The zero-order valence-corrected chi connectivity index (χ0v) is 8.52. The van der Waals surface area contributed by atoms with E-state index < -0.39 is 11.8 Å². The lowest BCUT2D eigenvalue weighted by atomic mass is 9.82. The fraction of sp³-hybridized carbons (Fsp3) is 1.00. The maximum Gasteiger partial charge on any atom is 0.251 e. The van der Waals surface area contributed by atoms with Crippen LogP contribution in [0.15, 0.2) is 0 Å². The molecule has 0 aromatic rings. The minimum absolute atomic E-state index is 0.0219. The van der Waals surface area contributed by atoms with Crippen molar-refractivity contribution in [3.05, 3.63) is 0 Å². The molecular formula is C11H19F2N. The Morgan fingerprint density at radius 1 is 1.21 bits per heavy atom. The molecule has 2 unspecified atom stereocenters. The van der Waals surface area contributed by atoms with Crippen LogP contribution in [0, 0.1) is 11.8 Å². The number of nitrogens with two attached hydrogens (primary N) is 1. The van der Waals surface area contributed by atoms with Crippen molar-refractivity contribution in [2.45, 2.75) is 56.9 Å². The average molecular weight is 203 g/mol. The van der Waals surface area contributed by atoms with Gasteiger partial charge in [-0.1, -0.05) is 19.3 Å². The summed E-state index contributed by atoms with van der Waals surface area (Å²) in [6, 6.07) is 0.0219. The van der Waals surface area contributed by atoms with E-state index in [1.54, 1.807) is 0 Å². The van der Waals surface area contributed by atoms with E-state index in [4.69, 9.17) is 5.73 Å². The largest absolute Gasteiger partial charge is 0.327 e. The van der Waals surface area contributed by atoms with E-state index in [2.05, 4.69) is 0 Å². The van der Waals surface area contributed by atoms with E-state index in [1.807, 2.05) is 0 Å². The number of halogens is 2. The maximum atomic E-state index is 12.7. The van der Waals surface area contributed by atoms with Crippen molar-refractivity contribution < 1.29 is 8.78 Å². The van der Waals surface area contributed by atoms with Crippen molar-refractivity contribution in [2.75, 3.05) is 0 Å². The van der Waals surface area contributed by atoms with E-state index >= 15 is 0 Å². The van der Waals surface area contributed by atoms with Crippen molar-refractivity contribution in [3.8, 4) is 0 Å². The Kier molecular flexibility index (Phi) is 2.78. The second kappa shape index (κ2) is 3.76. The highest BCUT2D eigenvalue weighted by Crippen LogP contribution is 2.51. The Balaban J connectivity index is 1.75. The Bertz CT molecular complexity index is 199. The second-order valence-electron chi connectivity index (χ2n) is 4.96. The highest BCUT2D eigenvalue weighted by Gasteiger charge is 2.56. The highest BCUT2D eigenvalue weighted by atomic mass is 19.3. The lowest BCUT2D eigenvalue weighted by molar-refractivity contribution is 0.0927. The van der Waals surface area contributed by atoms with E-state index in [-0.39, 0.29) is 12.5 Å². The molecule has 2 atom stereocenters. The summed E-state index contributed by atoms with van der Waals surface area (Å²) in [6.45, 7) is 0. The highest BCUT2D eigenvalue weighted by molar-refractivity contribution is 4.97. The molecule has 2 saturated carbocycles. The first-order chi connectivity index (χ1) is 6.59. The predicted molar refractivity (Wildman–Crippen MR) is 52.2 cm³/mol. The smallest absolute Gasteiger partial charge is 0.251 e. The normalized spacial score (nSPS) is 34.1. The molecule has 0 saturated heterocycles. The van der Waals surface area contributed by atoms with Gasteiger partial charge in [-0.3, -0.25) is 0 Å². The van der Waals surface area contributed by atoms with Gasteiger partial charge in [0, 0.05) is 18.4 Å². The molecule has 2 aliphatic rings. The summed E-state index contributed by atoms with van der Waals surface area (Å²) in [7, 11) is 0. The molecule has 0 bridgehead atoms. The third-order valence-electron chi connectivity index (χ3n) is 3.77. The molecule has 1 nitrogen and oxygen atoms in total. The van der Waals surface area contributed by atoms with Crippen molar-refractivity contribution in [1.29, 1.82) is 0 Å². The van der Waals surface area contributed by atoms with E-state index in [1.165, 1.54) is 19.3 Å². The number of rotatable bonds is 3. The van der Waals surface area contributed by atoms with E-state index in [0.717, 1.165) is 12.8 Å². The van der Waals surface area contributed by atoms with Crippen LogP contribution in [0.1, 0.15) is 44.9 Å². The van der Waals surface area contributed by atoms with Gasteiger partial charge in [-0.15, -0.1) is 0 Å². The summed E-state index contributed by atoms with van der Waals surface area (Å²) in [4.78, 5) is 0. The van der Waals surface area contributed by atoms with Gasteiger partial charge in [0.1, 0.15) is 0 Å². The van der Waals surface area contributed by atoms with Crippen LogP contribution < -0.4 is 5.73 Å². The summed E-state index contributed by atoms with van der Waals surface area (Å²) in [5, 5.41) is 0. The number of hydrogen-bond donors (Lipinski definition) is 1. The molecule has 82 valence electrons. The number of alkyl halides is 2. The molecular weight excluding hydrogens is 184 g/mol. The fourth-order valence-corrected chi connectivity index (χ4v) is 2.61. The molecule has 2 aliphatic carbocycles. The minimum Gasteiger partial charge on any atom is -0.327 e. The maximum absolute atomic E-state index is 12.7. The molecule has 0 aromatic carbocycles. The van der Waals surface area contributed by atoms with Gasteiger partial charge >= 0.3 is 0 Å². The Hall–Kier alpha value is -0.180. The van der Waals surface area contributed by atoms with Crippen molar-refractivity contribution in [3.63, 3.8) is 0 Å². The lowest BCUT2D eigenvalue weighted by Gasteiger charge is -2.27. The van der Waals surface area contributed by atoms with Crippen molar-refractivity contribution in [2.24, 2.45) is 17.6 Å². The molecule has 0 heterocycles. The molecule has 3 heteroatoms. The van der Waals surface area contributed by atoms with Gasteiger partial charge in [-0.25, -0.2) is 8.78 Å². The first-order valence-electron chi connectivity index (χ1n) is 5.73. The third kappa shape index (κ3) is 2.25. The molecule has 0 amide bonds. The minimum atomic E-state index is -2.38. The van der Waals surface area contributed by atoms with Crippen LogP contribution in [0.2, 0.25) is 0 Å². The van der Waals surface area contributed by atoms with Crippen LogP contribution in [0.25, 0.3) is 0 Å². The fourth-order valence-electron chi connectivity index (χ4n) is 2.61. The van der Waals surface area contributed by atoms with Gasteiger partial charge in [0.2, 0.25) is 0 Å². The van der Waals surface area contributed by atoms with Crippen LogP contribution in [0.5, 0.6) is 0 Å². The zero-order chi connectivity index (χ0) is 10.2. The topological polar surface area (TPSA) is 26.0 Å². The van der Waals surface area contributed by atoms with E-state index in [0.29, 0.717) is 12.3 Å². The van der Waals surface area contributed by atoms with Gasteiger partial charge in [-0.2, -0.15) is 0 Å².